The summed E-state index contributed by atoms with van der Waals surface area (Å²) >= 11 is 0. The van der Waals surface area contributed by atoms with E-state index in [9.17, 15) is 0 Å². The van der Waals surface area contributed by atoms with Crippen LogP contribution in [0.25, 0.3) is 11.0 Å². The standard InChI is InChI=1S/C21H32N4/c1-2-8-19(9-3-1)24-16-14-23(15-17-24)12-6-7-13-25-18-22-20-10-4-5-11-21(20)25/h4-5,10-11,18-19H,1-3,6-9,12-17H2. The highest BCUT2D eigenvalue weighted by atomic mass is 15.3. The van der Waals surface area contributed by atoms with Gasteiger partial charge in [0.1, 0.15) is 0 Å². The molecule has 2 aromatic rings. The summed E-state index contributed by atoms with van der Waals surface area (Å²) in [6.07, 6.45) is 11.8. The van der Waals surface area contributed by atoms with Crippen LogP contribution in [0.2, 0.25) is 0 Å². The lowest BCUT2D eigenvalue weighted by atomic mass is 9.94. The van der Waals surface area contributed by atoms with Gasteiger partial charge in [0.05, 0.1) is 17.4 Å². The van der Waals surface area contributed by atoms with Crippen molar-refractivity contribution >= 4 is 11.0 Å². The summed E-state index contributed by atoms with van der Waals surface area (Å²) in [5.74, 6) is 0. The van der Waals surface area contributed by atoms with Crippen molar-refractivity contribution in [1.29, 1.82) is 0 Å². The summed E-state index contributed by atoms with van der Waals surface area (Å²) in [4.78, 5) is 9.93. The van der Waals surface area contributed by atoms with Crippen molar-refractivity contribution in [2.45, 2.75) is 57.5 Å². The Morgan fingerprint density at radius 2 is 1.64 bits per heavy atom. The van der Waals surface area contributed by atoms with E-state index in [1.165, 1.54) is 83.2 Å². The van der Waals surface area contributed by atoms with Crippen molar-refractivity contribution in [3.63, 3.8) is 0 Å². The van der Waals surface area contributed by atoms with Crippen LogP contribution < -0.4 is 0 Å². The number of para-hydroxylation sites is 2. The summed E-state index contributed by atoms with van der Waals surface area (Å²) in [7, 11) is 0. The molecule has 1 aliphatic carbocycles. The number of hydrogen-bond acceptors (Lipinski definition) is 3. The van der Waals surface area contributed by atoms with Gasteiger partial charge in [0.2, 0.25) is 0 Å². The fourth-order valence-corrected chi connectivity index (χ4v) is 4.60. The maximum Gasteiger partial charge on any atom is 0.0958 e. The topological polar surface area (TPSA) is 24.3 Å². The Kier molecular flexibility index (Phi) is 5.68. The van der Waals surface area contributed by atoms with Crippen LogP contribution in [0, 0.1) is 0 Å². The molecule has 0 bridgehead atoms. The van der Waals surface area contributed by atoms with Gasteiger partial charge in [0.25, 0.3) is 0 Å². The first-order chi connectivity index (χ1) is 12.4. The van der Waals surface area contributed by atoms with Gasteiger partial charge in [-0.05, 0) is 44.4 Å². The molecule has 0 radical (unpaired) electrons. The molecule has 4 rings (SSSR count). The van der Waals surface area contributed by atoms with Crippen LogP contribution in [0.3, 0.4) is 0 Å². The van der Waals surface area contributed by atoms with E-state index in [1.54, 1.807) is 0 Å². The van der Waals surface area contributed by atoms with E-state index >= 15 is 0 Å². The number of aryl methyl sites for hydroxylation is 1. The van der Waals surface area contributed by atoms with E-state index < -0.39 is 0 Å². The molecule has 4 heteroatoms. The Morgan fingerprint density at radius 1 is 0.880 bits per heavy atom. The van der Waals surface area contributed by atoms with Crippen LogP contribution >= 0.6 is 0 Å². The van der Waals surface area contributed by atoms with Crippen LogP contribution in [0.5, 0.6) is 0 Å². The highest BCUT2D eigenvalue weighted by Crippen LogP contribution is 2.23. The minimum atomic E-state index is 0.894. The molecule has 0 amide bonds. The first-order valence-electron chi connectivity index (χ1n) is 10.3. The Hall–Kier alpha value is -1.39. The molecule has 1 aliphatic heterocycles. The molecular weight excluding hydrogens is 308 g/mol. The molecule has 0 atom stereocenters. The predicted molar refractivity (Wildman–Crippen MR) is 104 cm³/mol. The smallest absolute Gasteiger partial charge is 0.0958 e. The van der Waals surface area contributed by atoms with Gasteiger partial charge in [-0.25, -0.2) is 4.98 Å². The maximum absolute atomic E-state index is 4.49. The number of imidazole rings is 1. The Morgan fingerprint density at radius 3 is 2.48 bits per heavy atom. The fraction of sp³-hybridized carbons (Fsp3) is 0.667. The summed E-state index contributed by atoms with van der Waals surface area (Å²) in [6, 6.07) is 9.33. The van der Waals surface area contributed by atoms with E-state index in [1.807, 2.05) is 6.33 Å². The molecule has 2 fully saturated rings. The lowest BCUT2D eigenvalue weighted by Crippen LogP contribution is -2.50. The number of unbranched alkanes of at least 4 members (excludes halogenated alkanes) is 1. The van der Waals surface area contributed by atoms with E-state index in [0.29, 0.717) is 0 Å². The third-order valence-electron chi connectivity index (χ3n) is 6.15. The third-order valence-corrected chi connectivity index (χ3v) is 6.15. The molecule has 2 aliphatic rings. The average molecular weight is 341 g/mol. The molecule has 0 spiro atoms. The van der Waals surface area contributed by atoms with E-state index in [-0.39, 0.29) is 0 Å². The predicted octanol–water partition coefficient (Wildman–Crippen LogP) is 3.77. The first kappa shape index (κ1) is 17.0. The lowest BCUT2D eigenvalue weighted by molar-refractivity contribution is 0.0781. The van der Waals surface area contributed by atoms with Crippen LogP contribution in [0.1, 0.15) is 44.9 Å². The van der Waals surface area contributed by atoms with Gasteiger partial charge in [-0.2, -0.15) is 0 Å². The van der Waals surface area contributed by atoms with E-state index in [4.69, 9.17) is 0 Å². The van der Waals surface area contributed by atoms with Crippen molar-refractivity contribution < 1.29 is 0 Å². The van der Waals surface area contributed by atoms with Crippen LogP contribution in [0.4, 0.5) is 0 Å². The number of nitrogens with zero attached hydrogens (tertiary/aromatic N) is 4. The second kappa shape index (κ2) is 8.33. The zero-order valence-corrected chi connectivity index (χ0v) is 15.4. The first-order valence-corrected chi connectivity index (χ1v) is 10.3. The summed E-state index contributed by atoms with van der Waals surface area (Å²) < 4.78 is 2.30. The van der Waals surface area contributed by atoms with Gasteiger partial charge < -0.3 is 9.47 Å². The number of benzene rings is 1. The summed E-state index contributed by atoms with van der Waals surface area (Å²) in [5.41, 5.74) is 2.38. The molecule has 136 valence electrons. The number of aromatic nitrogens is 2. The van der Waals surface area contributed by atoms with Gasteiger partial charge in [0.15, 0.2) is 0 Å². The minimum Gasteiger partial charge on any atom is -0.331 e. The molecule has 1 aromatic heterocycles. The second-order valence-corrected chi connectivity index (χ2v) is 7.80. The fourth-order valence-electron chi connectivity index (χ4n) is 4.60. The van der Waals surface area contributed by atoms with Gasteiger partial charge in [-0.3, -0.25) is 4.90 Å². The summed E-state index contributed by atoms with van der Waals surface area (Å²) in [6.45, 7) is 7.45. The van der Waals surface area contributed by atoms with Crippen molar-refractivity contribution in [3.05, 3.63) is 30.6 Å². The zero-order chi connectivity index (χ0) is 16.9. The van der Waals surface area contributed by atoms with E-state index in [0.717, 1.165) is 18.1 Å². The lowest BCUT2D eigenvalue weighted by Gasteiger charge is -2.40. The SMILES string of the molecule is c1ccc2c(c1)ncn2CCCCN1CCN(C2CCCCC2)CC1. The molecule has 0 unspecified atom stereocenters. The van der Waals surface area contributed by atoms with Crippen molar-refractivity contribution in [1.82, 2.24) is 19.4 Å². The Labute approximate surface area is 151 Å². The van der Waals surface area contributed by atoms with Gasteiger partial charge in [0, 0.05) is 38.8 Å². The number of piperazine rings is 1. The molecule has 2 heterocycles. The monoisotopic (exact) mass is 340 g/mol. The second-order valence-electron chi connectivity index (χ2n) is 7.80. The average Bonchev–Trinajstić information content (AvgIpc) is 3.10. The normalized spacial score (nSPS) is 21.1. The zero-order valence-electron chi connectivity index (χ0n) is 15.4. The molecule has 1 saturated carbocycles. The minimum absolute atomic E-state index is 0.894. The Balaban J connectivity index is 1.16. The molecule has 0 N–H and O–H groups in total. The van der Waals surface area contributed by atoms with E-state index in [2.05, 4.69) is 43.6 Å². The van der Waals surface area contributed by atoms with Crippen molar-refractivity contribution in [3.8, 4) is 0 Å². The highest BCUT2D eigenvalue weighted by molar-refractivity contribution is 5.74. The van der Waals surface area contributed by atoms with Gasteiger partial charge in [-0.15, -0.1) is 0 Å². The molecule has 25 heavy (non-hydrogen) atoms. The van der Waals surface area contributed by atoms with Crippen molar-refractivity contribution in [2.24, 2.45) is 0 Å². The highest BCUT2D eigenvalue weighted by Gasteiger charge is 2.24. The number of fused-ring (bicyclic) bond motifs is 1. The maximum atomic E-state index is 4.49. The largest absolute Gasteiger partial charge is 0.331 e. The van der Waals surface area contributed by atoms with Crippen LogP contribution in [-0.2, 0) is 6.54 Å². The molecular formula is C21H32N4. The number of rotatable bonds is 6. The van der Waals surface area contributed by atoms with Crippen LogP contribution in [-0.4, -0.2) is 58.1 Å². The molecule has 4 nitrogen and oxygen atoms in total. The number of hydrogen-bond donors (Lipinski definition) is 0. The van der Waals surface area contributed by atoms with Crippen molar-refractivity contribution in [2.75, 3.05) is 32.7 Å². The molecule has 1 aromatic carbocycles. The Bertz CT molecular complexity index is 651. The van der Waals surface area contributed by atoms with Gasteiger partial charge in [-0.1, -0.05) is 31.4 Å². The third kappa shape index (κ3) is 4.24. The van der Waals surface area contributed by atoms with Gasteiger partial charge >= 0.3 is 0 Å². The summed E-state index contributed by atoms with van der Waals surface area (Å²) in [5, 5.41) is 0. The van der Waals surface area contributed by atoms with Crippen LogP contribution in [0.15, 0.2) is 30.6 Å². The molecule has 1 saturated heterocycles. The quantitative estimate of drug-likeness (QED) is 0.748.